The zero-order valence-corrected chi connectivity index (χ0v) is 21.9. The summed E-state index contributed by atoms with van der Waals surface area (Å²) >= 11 is 5.93. The molecule has 0 unspecified atom stereocenters. The van der Waals surface area contributed by atoms with Crippen LogP contribution in [-0.2, 0) is 20.8 Å². The Labute approximate surface area is 225 Å². The van der Waals surface area contributed by atoms with Gasteiger partial charge in [0.25, 0.3) is 5.91 Å². The largest absolute Gasteiger partial charge is 0.490 e. The minimum atomic E-state index is -5.08. The van der Waals surface area contributed by atoms with E-state index in [9.17, 15) is 39.6 Å². The van der Waals surface area contributed by atoms with Crippen molar-refractivity contribution in [2.45, 2.75) is 55.5 Å². The van der Waals surface area contributed by atoms with Crippen LogP contribution in [0.25, 0.3) is 0 Å². The number of halogens is 7. The predicted molar refractivity (Wildman–Crippen MR) is 130 cm³/mol. The van der Waals surface area contributed by atoms with Crippen molar-refractivity contribution in [2.75, 3.05) is 12.3 Å². The summed E-state index contributed by atoms with van der Waals surface area (Å²) in [5, 5.41) is 12.6. The van der Waals surface area contributed by atoms with Crippen LogP contribution in [0.4, 0.5) is 26.3 Å². The highest BCUT2D eigenvalue weighted by Crippen LogP contribution is 2.36. The van der Waals surface area contributed by atoms with Gasteiger partial charge in [0.1, 0.15) is 0 Å². The van der Waals surface area contributed by atoms with Gasteiger partial charge in [0.15, 0.2) is 9.84 Å². The molecule has 2 atom stereocenters. The predicted octanol–water partition coefficient (Wildman–Crippen LogP) is 5.40. The third-order valence-electron chi connectivity index (χ3n) is 5.79. The molecule has 2 aromatic rings. The van der Waals surface area contributed by atoms with Crippen molar-refractivity contribution in [3.05, 3.63) is 64.2 Å². The summed E-state index contributed by atoms with van der Waals surface area (Å²) in [7, 11) is -3.47. The number of carboxylic acid groups (broad SMARTS) is 1. The SMILES string of the molecule is CCS(=O)(=O)c1cccc([C@H](NC(=O)c2cccc(C(F)(F)F)c2Cl)[C@H]2CCCCN2)c1.O=C(O)C(F)(F)F. The number of nitrogens with one attached hydrogen (secondary N) is 2. The number of alkyl halides is 6. The Balaban J connectivity index is 0.000000673. The topological polar surface area (TPSA) is 113 Å². The van der Waals surface area contributed by atoms with Crippen molar-refractivity contribution in [1.82, 2.24) is 10.6 Å². The van der Waals surface area contributed by atoms with E-state index in [2.05, 4.69) is 10.6 Å². The number of benzene rings is 2. The Morgan fingerprint density at radius 1 is 1.10 bits per heavy atom. The molecule has 0 radical (unpaired) electrons. The van der Waals surface area contributed by atoms with Gasteiger partial charge in [0.2, 0.25) is 0 Å². The summed E-state index contributed by atoms with van der Waals surface area (Å²) in [6, 6.07) is 8.60. The van der Waals surface area contributed by atoms with Gasteiger partial charge >= 0.3 is 18.3 Å². The molecule has 0 aromatic heterocycles. The molecule has 1 amide bonds. The summed E-state index contributed by atoms with van der Waals surface area (Å²) in [6.45, 7) is 2.26. The van der Waals surface area contributed by atoms with Gasteiger partial charge in [-0.05, 0) is 49.2 Å². The average Bonchev–Trinajstić information content (AvgIpc) is 2.87. The van der Waals surface area contributed by atoms with Crippen LogP contribution < -0.4 is 10.6 Å². The molecular weight excluding hydrogens is 578 g/mol. The molecule has 0 aliphatic carbocycles. The van der Waals surface area contributed by atoms with Crippen LogP contribution in [-0.4, -0.2) is 49.9 Å². The summed E-state index contributed by atoms with van der Waals surface area (Å²) in [5.74, 6) is -3.59. The van der Waals surface area contributed by atoms with Gasteiger partial charge in [-0.3, -0.25) is 4.79 Å². The Kier molecular flexibility index (Phi) is 10.8. The highest BCUT2D eigenvalue weighted by atomic mass is 35.5. The van der Waals surface area contributed by atoms with Crippen molar-refractivity contribution in [2.24, 2.45) is 0 Å². The van der Waals surface area contributed by atoms with E-state index in [1.807, 2.05) is 0 Å². The first-order valence-corrected chi connectivity index (χ1v) is 13.5. The molecule has 1 saturated heterocycles. The molecule has 0 saturated carbocycles. The fourth-order valence-corrected chi connectivity index (χ4v) is 5.05. The van der Waals surface area contributed by atoms with E-state index in [-0.39, 0.29) is 22.3 Å². The number of amides is 1. The molecule has 7 nitrogen and oxygen atoms in total. The monoisotopic (exact) mass is 602 g/mol. The zero-order chi connectivity index (χ0) is 29.6. The lowest BCUT2D eigenvalue weighted by Crippen LogP contribution is -2.46. The first-order chi connectivity index (χ1) is 18.0. The number of carboxylic acids is 1. The average molecular weight is 603 g/mol. The van der Waals surface area contributed by atoms with Gasteiger partial charge in [-0.25, -0.2) is 13.2 Å². The van der Waals surface area contributed by atoms with E-state index < -0.39 is 50.7 Å². The van der Waals surface area contributed by atoms with E-state index in [1.54, 1.807) is 19.1 Å². The number of rotatable bonds is 6. The van der Waals surface area contributed by atoms with Crippen molar-refractivity contribution in [1.29, 1.82) is 0 Å². The minimum absolute atomic E-state index is 0.0744. The molecule has 0 bridgehead atoms. The van der Waals surface area contributed by atoms with Crippen molar-refractivity contribution >= 4 is 33.3 Å². The molecule has 15 heteroatoms. The summed E-state index contributed by atoms with van der Waals surface area (Å²) < 4.78 is 96.1. The maximum atomic E-state index is 13.2. The van der Waals surface area contributed by atoms with E-state index in [1.165, 1.54) is 18.2 Å². The minimum Gasteiger partial charge on any atom is -0.475 e. The summed E-state index contributed by atoms with van der Waals surface area (Å²) in [6.07, 6.45) is -7.20. The van der Waals surface area contributed by atoms with E-state index in [0.717, 1.165) is 25.0 Å². The number of carbonyl (C=O) groups is 2. The normalized spacial score (nSPS) is 17.0. The van der Waals surface area contributed by atoms with Gasteiger partial charge < -0.3 is 15.7 Å². The van der Waals surface area contributed by atoms with Crippen LogP contribution in [0.15, 0.2) is 47.4 Å². The van der Waals surface area contributed by atoms with E-state index in [0.29, 0.717) is 18.5 Å². The maximum absolute atomic E-state index is 13.2. The van der Waals surface area contributed by atoms with Crippen LogP contribution in [0.5, 0.6) is 0 Å². The second-order valence-electron chi connectivity index (χ2n) is 8.45. The molecule has 3 N–H and O–H groups in total. The number of carbonyl (C=O) groups excluding carboxylic acids is 1. The van der Waals surface area contributed by atoms with E-state index >= 15 is 0 Å². The van der Waals surface area contributed by atoms with Crippen LogP contribution in [0.3, 0.4) is 0 Å². The number of aliphatic carboxylic acids is 1. The lowest BCUT2D eigenvalue weighted by molar-refractivity contribution is -0.192. The molecule has 216 valence electrons. The Morgan fingerprint density at radius 2 is 1.72 bits per heavy atom. The van der Waals surface area contributed by atoms with Crippen LogP contribution in [0, 0.1) is 0 Å². The third-order valence-corrected chi connectivity index (χ3v) is 7.92. The number of hydrogen-bond donors (Lipinski definition) is 3. The van der Waals surface area contributed by atoms with Crippen molar-refractivity contribution in [3.63, 3.8) is 0 Å². The van der Waals surface area contributed by atoms with Crippen LogP contribution >= 0.6 is 11.6 Å². The fourth-order valence-electron chi connectivity index (χ4n) is 3.79. The Morgan fingerprint density at radius 3 is 2.23 bits per heavy atom. The second-order valence-corrected chi connectivity index (χ2v) is 11.1. The van der Waals surface area contributed by atoms with Gasteiger partial charge in [-0.2, -0.15) is 26.3 Å². The quantitative estimate of drug-likeness (QED) is 0.382. The standard InChI is InChI=1S/C22H24ClF3N2O3S.C2HF3O2/c1-2-32(30,31)15-8-5-7-14(13-15)20(18-11-3-4-12-27-18)28-21(29)16-9-6-10-17(19(16)23)22(24,25)26;3-2(4,5)1(6)7/h5-10,13,18,20,27H,2-4,11-12H2,1H3,(H,28,29);(H,6,7)/t18-,20+;/m1./s1. The Hall–Kier alpha value is -2.84. The number of hydrogen-bond acceptors (Lipinski definition) is 5. The Bertz CT molecular complexity index is 1280. The number of piperidine rings is 1. The first-order valence-electron chi connectivity index (χ1n) is 11.5. The molecule has 1 heterocycles. The summed E-state index contributed by atoms with van der Waals surface area (Å²) in [4.78, 5) is 22.0. The lowest BCUT2D eigenvalue weighted by Gasteiger charge is -2.32. The molecule has 1 aliphatic rings. The molecule has 39 heavy (non-hydrogen) atoms. The number of sulfone groups is 1. The van der Waals surface area contributed by atoms with Gasteiger partial charge in [0.05, 0.1) is 32.8 Å². The molecule has 3 rings (SSSR count). The lowest BCUT2D eigenvalue weighted by atomic mass is 9.92. The maximum Gasteiger partial charge on any atom is 0.490 e. The summed E-state index contributed by atoms with van der Waals surface area (Å²) in [5.41, 5.74) is -0.829. The van der Waals surface area contributed by atoms with Crippen LogP contribution in [0.1, 0.15) is 53.7 Å². The van der Waals surface area contributed by atoms with Gasteiger partial charge in [-0.15, -0.1) is 0 Å². The van der Waals surface area contributed by atoms with Crippen molar-refractivity contribution < 1.29 is 49.5 Å². The smallest absolute Gasteiger partial charge is 0.475 e. The molecule has 2 aromatic carbocycles. The molecule has 1 fully saturated rings. The van der Waals surface area contributed by atoms with Crippen LogP contribution in [0.2, 0.25) is 5.02 Å². The molecule has 0 spiro atoms. The highest BCUT2D eigenvalue weighted by Gasteiger charge is 2.38. The fraction of sp³-hybridized carbons (Fsp3) is 0.417. The highest BCUT2D eigenvalue weighted by molar-refractivity contribution is 7.91. The van der Waals surface area contributed by atoms with Gasteiger partial charge in [0, 0.05) is 6.04 Å². The molecular formula is C24H25ClF6N2O5S. The molecule has 1 aliphatic heterocycles. The second kappa shape index (κ2) is 13.0. The van der Waals surface area contributed by atoms with Gasteiger partial charge in [-0.1, -0.05) is 43.1 Å². The third kappa shape index (κ3) is 8.83. The zero-order valence-electron chi connectivity index (χ0n) is 20.4. The first kappa shape index (κ1) is 32.4. The van der Waals surface area contributed by atoms with Crippen molar-refractivity contribution in [3.8, 4) is 0 Å². The van der Waals surface area contributed by atoms with E-state index in [4.69, 9.17) is 21.5 Å².